The molecule has 158 valence electrons. The highest BCUT2D eigenvalue weighted by atomic mass is 32.2. The van der Waals surface area contributed by atoms with E-state index in [2.05, 4.69) is 15.0 Å². The SMILES string of the molecule is CCc1cccc(C)c1NC(=O)COC(=O)CCNS(=O)(=O)c1cn(C)c(C)n1. The molecule has 1 amide bonds. The number of sulfonamides is 1. The standard InChI is InChI=1S/C19H26N4O5S/c1-5-15-8-6-7-13(2)19(15)22-16(24)12-28-18(25)9-10-20-29(26,27)17-11-23(4)14(3)21-17/h6-8,11,20H,5,9-10,12H2,1-4H3,(H,22,24). The lowest BCUT2D eigenvalue weighted by Crippen LogP contribution is -2.28. The van der Waals surface area contributed by atoms with Gasteiger partial charge in [0.25, 0.3) is 15.9 Å². The second kappa shape index (κ2) is 9.66. The zero-order chi connectivity index (χ0) is 21.6. The lowest BCUT2D eigenvalue weighted by atomic mass is 10.1. The van der Waals surface area contributed by atoms with Crippen molar-refractivity contribution in [3.8, 4) is 0 Å². The Labute approximate surface area is 170 Å². The van der Waals surface area contributed by atoms with E-state index in [1.165, 1.54) is 6.20 Å². The van der Waals surface area contributed by atoms with Crippen LogP contribution in [0.3, 0.4) is 0 Å². The van der Waals surface area contributed by atoms with E-state index in [1.807, 2.05) is 32.0 Å². The van der Waals surface area contributed by atoms with Gasteiger partial charge in [0.15, 0.2) is 11.6 Å². The number of ether oxygens (including phenoxy) is 1. The van der Waals surface area contributed by atoms with Gasteiger partial charge in [0.1, 0.15) is 5.82 Å². The molecular formula is C19H26N4O5S. The van der Waals surface area contributed by atoms with Crippen LogP contribution in [0, 0.1) is 13.8 Å². The van der Waals surface area contributed by atoms with E-state index in [0.717, 1.165) is 23.2 Å². The molecule has 1 heterocycles. The molecule has 0 atom stereocenters. The Bertz CT molecular complexity index is 979. The van der Waals surface area contributed by atoms with Gasteiger partial charge in [0.2, 0.25) is 0 Å². The first kappa shape index (κ1) is 22.6. The summed E-state index contributed by atoms with van der Waals surface area (Å²) >= 11 is 0. The van der Waals surface area contributed by atoms with E-state index in [-0.39, 0.29) is 18.0 Å². The van der Waals surface area contributed by atoms with Crippen molar-refractivity contribution in [3.63, 3.8) is 0 Å². The van der Waals surface area contributed by atoms with Gasteiger partial charge in [-0.1, -0.05) is 25.1 Å². The molecule has 2 N–H and O–H groups in total. The Morgan fingerprint density at radius 3 is 2.59 bits per heavy atom. The van der Waals surface area contributed by atoms with Gasteiger partial charge < -0.3 is 14.6 Å². The topological polar surface area (TPSA) is 119 Å². The number of hydrogen-bond acceptors (Lipinski definition) is 6. The highest BCUT2D eigenvalue weighted by Crippen LogP contribution is 2.20. The summed E-state index contributed by atoms with van der Waals surface area (Å²) in [5, 5.41) is 2.64. The average molecular weight is 423 g/mol. The summed E-state index contributed by atoms with van der Waals surface area (Å²) in [4.78, 5) is 27.8. The van der Waals surface area contributed by atoms with Gasteiger partial charge in [-0.3, -0.25) is 9.59 Å². The monoisotopic (exact) mass is 422 g/mol. The van der Waals surface area contributed by atoms with Crippen LogP contribution in [-0.4, -0.2) is 43.0 Å². The van der Waals surface area contributed by atoms with Crippen LogP contribution in [0.2, 0.25) is 0 Å². The molecule has 0 radical (unpaired) electrons. The molecule has 0 aliphatic heterocycles. The number of hydrogen-bond donors (Lipinski definition) is 2. The van der Waals surface area contributed by atoms with Crippen LogP contribution in [0.4, 0.5) is 5.69 Å². The smallest absolute Gasteiger partial charge is 0.307 e. The minimum Gasteiger partial charge on any atom is -0.456 e. The molecular weight excluding hydrogens is 396 g/mol. The summed E-state index contributed by atoms with van der Waals surface area (Å²) in [6.45, 7) is 4.95. The first-order chi connectivity index (χ1) is 13.6. The van der Waals surface area contributed by atoms with Gasteiger partial charge in [-0.25, -0.2) is 18.1 Å². The number of carbonyl (C=O) groups is 2. The molecule has 1 aromatic carbocycles. The third kappa shape index (κ3) is 6.13. The van der Waals surface area contributed by atoms with Crippen LogP contribution in [-0.2, 0) is 37.8 Å². The van der Waals surface area contributed by atoms with Crippen molar-refractivity contribution in [2.24, 2.45) is 7.05 Å². The fraction of sp³-hybridized carbons (Fsp3) is 0.421. The molecule has 2 aromatic rings. The predicted octanol–water partition coefficient (Wildman–Crippen LogP) is 1.45. The van der Waals surface area contributed by atoms with Gasteiger partial charge >= 0.3 is 5.97 Å². The lowest BCUT2D eigenvalue weighted by molar-refractivity contribution is -0.147. The average Bonchev–Trinajstić information content (AvgIpc) is 3.01. The van der Waals surface area contributed by atoms with Crippen molar-refractivity contribution in [3.05, 3.63) is 41.3 Å². The number of benzene rings is 1. The van der Waals surface area contributed by atoms with Crippen LogP contribution in [0.5, 0.6) is 0 Å². The van der Waals surface area contributed by atoms with Crippen molar-refractivity contribution >= 4 is 27.6 Å². The fourth-order valence-corrected chi connectivity index (χ4v) is 3.68. The molecule has 0 bridgehead atoms. The molecule has 0 fully saturated rings. The summed E-state index contributed by atoms with van der Waals surface area (Å²) in [6.07, 6.45) is 1.94. The van der Waals surface area contributed by atoms with Gasteiger partial charge in [-0.15, -0.1) is 0 Å². The van der Waals surface area contributed by atoms with Gasteiger partial charge in [-0.2, -0.15) is 0 Å². The third-order valence-electron chi connectivity index (χ3n) is 4.35. The van der Waals surface area contributed by atoms with Crippen molar-refractivity contribution < 1.29 is 22.7 Å². The van der Waals surface area contributed by atoms with E-state index < -0.39 is 28.5 Å². The summed E-state index contributed by atoms with van der Waals surface area (Å²) in [7, 11) is -2.13. The number of aromatic nitrogens is 2. The van der Waals surface area contributed by atoms with Crippen molar-refractivity contribution in [2.75, 3.05) is 18.5 Å². The maximum absolute atomic E-state index is 12.1. The number of carbonyl (C=O) groups excluding carboxylic acids is 2. The number of amides is 1. The highest BCUT2D eigenvalue weighted by molar-refractivity contribution is 7.89. The number of nitrogens with one attached hydrogen (secondary N) is 2. The zero-order valence-electron chi connectivity index (χ0n) is 17.0. The molecule has 0 saturated heterocycles. The van der Waals surface area contributed by atoms with E-state index in [1.54, 1.807) is 18.5 Å². The molecule has 0 spiro atoms. The first-order valence-corrected chi connectivity index (χ1v) is 10.7. The number of para-hydroxylation sites is 1. The second-order valence-electron chi connectivity index (χ2n) is 6.56. The molecule has 0 unspecified atom stereocenters. The number of nitrogens with zero attached hydrogens (tertiary/aromatic N) is 2. The maximum Gasteiger partial charge on any atom is 0.307 e. The summed E-state index contributed by atoms with van der Waals surface area (Å²) in [5.41, 5.74) is 2.63. The summed E-state index contributed by atoms with van der Waals surface area (Å²) in [6, 6.07) is 5.72. The molecule has 9 nitrogen and oxygen atoms in total. The van der Waals surface area contributed by atoms with Crippen LogP contribution < -0.4 is 10.0 Å². The second-order valence-corrected chi connectivity index (χ2v) is 8.27. The molecule has 1 aromatic heterocycles. The van der Waals surface area contributed by atoms with Crippen LogP contribution in [0.1, 0.15) is 30.3 Å². The Hall–Kier alpha value is -2.72. The molecule has 0 aliphatic rings. The molecule has 10 heteroatoms. The Balaban J connectivity index is 1.79. The number of esters is 1. The molecule has 0 saturated carbocycles. The van der Waals surface area contributed by atoms with E-state index in [0.29, 0.717) is 5.82 Å². The highest BCUT2D eigenvalue weighted by Gasteiger charge is 2.19. The van der Waals surface area contributed by atoms with Crippen molar-refractivity contribution in [1.29, 1.82) is 0 Å². The number of imidazole rings is 1. The van der Waals surface area contributed by atoms with Crippen LogP contribution >= 0.6 is 0 Å². The maximum atomic E-state index is 12.1. The molecule has 29 heavy (non-hydrogen) atoms. The molecule has 0 aliphatic carbocycles. The zero-order valence-corrected chi connectivity index (χ0v) is 17.8. The lowest BCUT2D eigenvalue weighted by Gasteiger charge is -2.13. The van der Waals surface area contributed by atoms with E-state index >= 15 is 0 Å². The van der Waals surface area contributed by atoms with Gasteiger partial charge in [-0.05, 0) is 31.4 Å². The Kier molecular flexibility index (Phi) is 7.52. The van der Waals surface area contributed by atoms with Gasteiger partial charge in [0.05, 0.1) is 6.42 Å². The summed E-state index contributed by atoms with van der Waals surface area (Å²) < 4.78 is 33.1. The van der Waals surface area contributed by atoms with Crippen molar-refractivity contribution in [2.45, 2.75) is 38.6 Å². The number of anilines is 1. The normalized spacial score (nSPS) is 11.3. The Morgan fingerprint density at radius 2 is 1.97 bits per heavy atom. The van der Waals surface area contributed by atoms with Crippen LogP contribution in [0.25, 0.3) is 0 Å². The van der Waals surface area contributed by atoms with E-state index in [9.17, 15) is 18.0 Å². The number of aryl methyl sites for hydroxylation is 4. The first-order valence-electron chi connectivity index (χ1n) is 9.17. The predicted molar refractivity (Wildman–Crippen MR) is 108 cm³/mol. The van der Waals surface area contributed by atoms with Crippen molar-refractivity contribution in [1.82, 2.24) is 14.3 Å². The third-order valence-corrected chi connectivity index (χ3v) is 5.68. The minimum atomic E-state index is -3.81. The number of rotatable bonds is 9. The van der Waals surface area contributed by atoms with E-state index in [4.69, 9.17) is 4.74 Å². The largest absolute Gasteiger partial charge is 0.456 e. The quantitative estimate of drug-likeness (QED) is 0.590. The fourth-order valence-electron chi connectivity index (χ4n) is 2.61. The summed E-state index contributed by atoms with van der Waals surface area (Å²) in [5.74, 6) is -0.580. The molecule has 2 rings (SSSR count). The minimum absolute atomic E-state index is 0.116. The Morgan fingerprint density at radius 1 is 1.24 bits per heavy atom. The van der Waals surface area contributed by atoms with Gasteiger partial charge in [0, 0.05) is 25.5 Å². The van der Waals surface area contributed by atoms with Crippen LogP contribution in [0.15, 0.2) is 29.4 Å².